The van der Waals surface area contributed by atoms with Crippen molar-refractivity contribution in [3.63, 3.8) is 0 Å². The predicted molar refractivity (Wildman–Crippen MR) is 65.8 cm³/mol. The van der Waals surface area contributed by atoms with Crippen LogP contribution in [0.4, 0.5) is 0 Å². The minimum absolute atomic E-state index is 0.201. The minimum atomic E-state index is -0.201. The monoisotopic (exact) mass is 230 g/mol. The minimum Gasteiger partial charge on any atom is -0.267 e. The highest BCUT2D eigenvalue weighted by atomic mass is 32.1. The first-order chi connectivity index (χ1) is 7.86. The number of hydrazone groups is 1. The summed E-state index contributed by atoms with van der Waals surface area (Å²) >= 11 is 1.57. The maximum atomic E-state index is 11.6. The summed E-state index contributed by atoms with van der Waals surface area (Å²) in [5, 5.41) is 5.83. The lowest BCUT2D eigenvalue weighted by Crippen LogP contribution is -2.17. The number of nitrogens with one attached hydrogen (secondary N) is 1. The zero-order valence-corrected chi connectivity index (χ0v) is 9.28. The van der Waals surface area contributed by atoms with Gasteiger partial charge in [0.15, 0.2) is 0 Å². The van der Waals surface area contributed by atoms with Crippen LogP contribution in [0.2, 0.25) is 0 Å². The van der Waals surface area contributed by atoms with Crippen molar-refractivity contribution in [2.75, 3.05) is 0 Å². The van der Waals surface area contributed by atoms with Crippen molar-refractivity contribution in [1.82, 2.24) is 5.43 Å². The van der Waals surface area contributed by atoms with Crippen LogP contribution in [0.1, 0.15) is 15.2 Å². The van der Waals surface area contributed by atoms with Crippen LogP contribution >= 0.6 is 11.3 Å². The van der Waals surface area contributed by atoms with Gasteiger partial charge < -0.3 is 0 Å². The fourth-order valence-corrected chi connectivity index (χ4v) is 1.76. The summed E-state index contributed by atoms with van der Waals surface area (Å²) in [5.74, 6) is -0.201. The van der Waals surface area contributed by atoms with Crippen LogP contribution in [-0.2, 0) is 0 Å². The average Bonchev–Trinajstić information content (AvgIpc) is 2.83. The molecule has 0 saturated heterocycles. The molecule has 1 amide bonds. The van der Waals surface area contributed by atoms with Crippen molar-refractivity contribution in [3.8, 4) is 0 Å². The normalized spacial score (nSPS) is 10.5. The average molecular weight is 230 g/mol. The van der Waals surface area contributed by atoms with E-state index in [2.05, 4.69) is 10.5 Å². The third kappa shape index (κ3) is 2.77. The lowest BCUT2D eigenvalue weighted by Gasteiger charge is -1.97. The van der Waals surface area contributed by atoms with Gasteiger partial charge in [0, 0.05) is 10.4 Å². The lowest BCUT2D eigenvalue weighted by atomic mass is 10.2. The van der Waals surface area contributed by atoms with Crippen LogP contribution in [0.3, 0.4) is 0 Å². The molecule has 0 aliphatic carbocycles. The molecule has 80 valence electrons. The Hall–Kier alpha value is -1.94. The second-order valence-electron chi connectivity index (χ2n) is 3.08. The molecule has 16 heavy (non-hydrogen) atoms. The number of hydrogen-bond acceptors (Lipinski definition) is 3. The number of carbonyl (C=O) groups is 1. The molecule has 3 nitrogen and oxygen atoms in total. The van der Waals surface area contributed by atoms with Crippen molar-refractivity contribution in [1.29, 1.82) is 0 Å². The molecule has 1 heterocycles. The molecule has 0 aliphatic heterocycles. The molecule has 0 fully saturated rings. The number of amides is 1. The molecule has 1 aromatic carbocycles. The first-order valence-corrected chi connectivity index (χ1v) is 5.66. The van der Waals surface area contributed by atoms with Gasteiger partial charge in [-0.1, -0.05) is 24.3 Å². The van der Waals surface area contributed by atoms with Crippen molar-refractivity contribution < 1.29 is 4.79 Å². The maximum absolute atomic E-state index is 11.6. The zero-order chi connectivity index (χ0) is 11.2. The smallest absolute Gasteiger partial charge is 0.267 e. The summed E-state index contributed by atoms with van der Waals surface area (Å²) in [6.45, 7) is 0. The molecule has 0 saturated carbocycles. The number of hydrogen-bond donors (Lipinski definition) is 1. The van der Waals surface area contributed by atoms with Crippen LogP contribution in [0.25, 0.3) is 0 Å². The third-order valence-electron chi connectivity index (χ3n) is 1.94. The second-order valence-corrected chi connectivity index (χ2v) is 4.06. The molecule has 0 unspecified atom stereocenters. The summed E-state index contributed by atoms with van der Waals surface area (Å²) < 4.78 is 0. The van der Waals surface area contributed by atoms with Gasteiger partial charge in [-0.15, -0.1) is 11.3 Å². The van der Waals surface area contributed by atoms with Crippen LogP contribution in [0.5, 0.6) is 0 Å². The number of carbonyl (C=O) groups excluding carboxylic acids is 1. The van der Waals surface area contributed by atoms with E-state index in [1.165, 1.54) is 0 Å². The Morgan fingerprint density at radius 2 is 2.00 bits per heavy atom. The van der Waals surface area contributed by atoms with E-state index in [1.54, 1.807) is 29.7 Å². The molecule has 0 bridgehead atoms. The molecule has 2 rings (SSSR count). The predicted octanol–water partition coefficient (Wildman–Crippen LogP) is 2.51. The molecule has 1 N–H and O–H groups in total. The molecule has 2 aromatic rings. The Morgan fingerprint density at radius 1 is 1.19 bits per heavy atom. The summed E-state index contributed by atoms with van der Waals surface area (Å²) in [6, 6.07) is 12.9. The topological polar surface area (TPSA) is 41.5 Å². The van der Waals surface area contributed by atoms with Gasteiger partial charge in [-0.25, -0.2) is 5.43 Å². The Labute approximate surface area is 97.4 Å². The van der Waals surface area contributed by atoms with Gasteiger partial charge in [0.2, 0.25) is 0 Å². The highest BCUT2D eigenvalue weighted by molar-refractivity contribution is 7.11. The summed E-state index contributed by atoms with van der Waals surface area (Å²) in [5.41, 5.74) is 3.08. The molecule has 0 aliphatic rings. The molecular weight excluding hydrogens is 220 g/mol. The van der Waals surface area contributed by atoms with Gasteiger partial charge in [-0.05, 0) is 23.6 Å². The van der Waals surface area contributed by atoms with E-state index in [-0.39, 0.29) is 5.91 Å². The van der Waals surface area contributed by atoms with Crippen molar-refractivity contribution >= 4 is 23.5 Å². The van der Waals surface area contributed by atoms with E-state index in [9.17, 15) is 4.79 Å². The molecular formula is C12H10N2OS. The number of benzene rings is 1. The van der Waals surface area contributed by atoms with Crippen LogP contribution in [0.15, 0.2) is 52.9 Å². The number of rotatable bonds is 3. The SMILES string of the molecule is O=C(N/N=C\c1cccs1)c1ccccc1. The number of nitrogens with zero attached hydrogens (tertiary/aromatic N) is 1. The van der Waals surface area contributed by atoms with E-state index >= 15 is 0 Å². The fourth-order valence-electron chi connectivity index (χ4n) is 1.17. The zero-order valence-electron chi connectivity index (χ0n) is 8.46. The van der Waals surface area contributed by atoms with E-state index < -0.39 is 0 Å². The molecule has 1 aromatic heterocycles. The third-order valence-corrected chi connectivity index (χ3v) is 2.74. The van der Waals surface area contributed by atoms with Crippen molar-refractivity contribution in [2.45, 2.75) is 0 Å². The van der Waals surface area contributed by atoms with Crippen LogP contribution in [0, 0.1) is 0 Å². The molecule has 0 atom stereocenters. The Morgan fingerprint density at radius 3 is 2.69 bits per heavy atom. The first kappa shape index (κ1) is 10.6. The summed E-state index contributed by atoms with van der Waals surface area (Å²) in [7, 11) is 0. The van der Waals surface area contributed by atoms with Gasteiger partial charge in [-0.3, -0.25) is 4.79 Å². The highest BCUT2D eigenvalue weighted by Crippen LogP contribution is 2.04. The first-order valence-electron chi connectivity index (χ1n) is 4.78. The van der Waals surface area contributed by atoms with Gasteiger partial charge >= 0.3 is 0 Å². The second kappa shape index (κ2) is 5.23. The van der Waals surface area contributed by atoms with Gasteiger partial charge in [0.1, 0.15) is 0 Å². The Kier molecular flexibility index (Phi) is 3.46. The fraction of sp³-hybridized carbons (Fsp3) is 0. The lowest BCUT2D eigenvalue weighted by molar-refractivity contribution is 0.0955. The highest BCUT2D eigenvalue weighted by Gasteiger charge is 2.01. The van der Waals surface area contributed by atoms with Crippen LogP contribution < -0.4 is 5.43 Å². The van der Waals surface area contributed by atoms with Crippen molar-refractivity contribution in [2.24, 2.45) is 5.10 Å². The van der Waals surface area contributed by atoms with Gasteiger partial charge in [0.05, 0.1) is 6.21 Å². The van der Waals surface area contributed by atoms with E-state index in [0.717, 1.165) is 4.88 Å². The largest absolute Gasteiger partial charge is 0.271 e. The Balaban J connectivity index is 1.94. The quantitative estimate of drug-likeness (QED) is 0.639. The standard InChI is InChI=1S/C12H10N2OS/c15-12(10-5-2-1-3-6-10)14-13-9-11-7-4-8-16-11/h1-9H,(H,14,15)/b13-9-. The molecule has 0 spiro atoms. The summed E-state index contributed by atoms with van der Waals surface area (Å²) in [6.07, 6.45) is 1.63. The van der Waals surface area contributed by atoms with Crippen molar-refractivity contribution in [3.05, 3.63) is 58.3 Å². The van der Waals surface area contributed by atoms with Gasteiger partial charge in [0.25, 0.3) is 5.91 Å². The molecule has 4 heteroatoms. The van der Waals surface area contributed by atoms with E-state index in [4.69, 9.17) is 0 Å². The number of thiophene rings is 1. The van der Waals surface area contributed by atoms with E-state index in [1.807, 2.05) is 35.7 Å². The van der Waals surface area contributed by atoms with Crippen LogP contribution in [-0.4, -0.2) is 12.1 Å². The maximum Gasteiger partial charge on any atom is 0.271 e. The van der Waals surface area contributed by atoms with E-state index in [0.29, 0.717) is 5.56 Å². The van der Waals surface area contributed by atoms with Gasteiger partial charge in [-0.2, -0.15) is 5.10 Å². The molecule has 0 radical (unpaired) electrons. The Bertz CT molecular complexity index is 477. The summed E-state index contributed by atoms with van der Waals surface area (Å²) in [4.78, 5) is 12.6.